The predicted molar refractivity (Wildman–Crippen MR) is 189 cm³/mol. The van der Waals surface area contributed by atoms with Crippen LogP contribution in [0.5, 0.6) is 11.5 Å². The Hall–Kier alpha value is -3.87. The van der Waals surface area contributed by atoms with Crippen LogP contribution in [-0.4, -0.2) is 77.1 Å². The van der Waals surface area contributed by atoms with Crippen molar-refractivity contribution in [2.45, 2.75) is 54.4 Å². The summed E-state index contributed by atoms with van der Waals surface area (Å²) in [7, 11) is 3.39. The van der Waals surface area contributed by atoms with Gasteiger partial charge < -0.3 is 40.5 Å². The third-order valence-corrected chi connectivity index (χ3v) is 8.30. The summed E-state index contributed by atoms with van der Waals surface area (Å²) in [5.41, 5.74) is 11.6. The zero-order valence-electron chi connectivity index (χ0n) is 28.9. The van der Waals surface area contributed by atoms with Gasteiger partial charge in [0.05, 0.1) is 36.0 Å². The summed E-state index contributed by atoms with van der Waals surface area (Å²) < 4.78 is 11.3. The van der Waals surface area contributed by atoms with Crippen LogP contribution in [-0.2, 0) is 19.2 Å². The lowest BCUT2D eigenvalue weighted by atomic mass is 9.90. The van der Waals surface area contributed by atoms with Crippen molar-refractivity contribution in [3.8, 4) is 11.5 Å². The molecule has 4 rings (SSSR count). The second-order valence-electron chi connectivity index (χ2n) is 12.4. The fraction of sp³-hybridized carbons (Fsp3) is 0.529. The van der Waals surface area contributed by atoms with Gasteiger partial charge in [-0.3, -0.25) is 19.2 Å². The number of ether oxygens (including phenoxy) is 2. The van der Waals surface area contributed by atoms with E-state index in [9.17, 15) is 19.2 Å². The summed E-state index contributed by atoms with van der Waals surface area (Å²) in [5.74, 6) is 0.512. The Kier molecular flexibility index (Phi) is 13.6. The Morgan fingerprint density at radius 2 is 0.936 bits per heavy atom. The largest absolute Gasteiger partial charge is 0.493 e. The molecule has 0 aliphatic carbocycles. The molecule has 2 heterocycles. The van der Waals surface area contributed by atoms with Crippen molar-refractivity contribution in [1.82, 2.24) is 0 Å². The molecule has 2 aromatic carbocycles. The van der Waals surface area contributed by atoms with Crippen molar-refractivity contribution in [1.29, 1.82) is 0 Å². The minimum absolute atomic E-state index is 0. The lowest BCUT2D eigenvalue weighted by Gasteiger charge is -2.27. The Balaban J connectivity index is 0.000000320. The highest BCUT2D eigenvalue weighted by atomic mass is 35.5. The van der Waals surface area contributed by atoms with Gasteiger partial charge in [-0.2, -0.15) is 0 Å². The third-order valence-electron chi connectivity index (χ3n) is 8.30. The molecule has 0 saturated heterocycles. The molecule has 0 aromatic heterocycles. The fourth-order valence-electron chi connectivity index (χ4n) is 5.49. The van der Waals surface area contributed by atoms with Crippen molar-refractivity contribution < 1.29 is 28.7 Å². The molecule has 0 saturated carbocycles. The summed E-state index contributed by atoms with van der Waals surface area (Å²) in [5, 5.41) is 0. The van der Waals surface area contributed by atoms with Gasteiger partial charge in [0.1, 0.15) is 22.3 Å². The van der Waals surface area contributed by atoms with Crippen LogP contribution < -0.4 is 40.5 Å². The number of nitrogens with two attached hydrogens (primary N) is 2. The molecule has 2 aliphatic rings. The SMILES string of the molecule is CCN1C(=O)C(C)(C)C(=O)N(C)c2cc(OCCCN)ccc21.CCN1C(=O)C(C)(C)C(=O)N(C)c2cc(OCCCN)ccc21.Cl. The van der Waals surface area contributed by atoms with E-state index in [1.807, 2.05) is 38.1 Å². The average Bonchev–Trinajstić information content (AvgIpc) is 3.12. The Morgan fingerprint density at radius 3 is 1.23 bits per heavy atom. The van der Waals surface area contributed by atoms with Gasteiger partial charge in [0.25, 0.3) is 0 Å². The lowest BCUT2D eigenvalue weighted by molar-refractivity contribution is -0.139. The second-order valence-corrected chi connectivity index (χ2v) is 12.4. The molecule has 0 unspecified atom stereocenters. The van der Waals surface area contributed by atoms with Crippen molar-refractivity contribution in [3.05, 3.63) is 36.4 Å². The van der Waals surface area contributed by atoms with E-state index in [0.717, 1.165) is 24.2 Å². The maximum Gasteiger partial charge on any atom is 0.242 e. The molecule has 4 amide bonds. The van der Waals surface area contributed by atoms with Gasteiger partial charge in [-0.15, -0.1) is 12.4 Å². The number of carbonyl (C=O) groups excluding carboxylic acids is 4. The summed E-state index contributed by atoms with van der Waals surface area (Å²) in [6.07, 6.45) is 1.52. The molecular formula is C34H51ClN6O6. The molecule has 0 atom stereocenters. The Labute approximate surface area is 284 Å². The first kappa shape index (κ1) is 39.3. The Bertz CT molecular complexity index is 1340. The quantitative estimate of drug-likeness (QED) is 0.284. The molecule has 13 heteroatoms. The maximum absolute atomic E-state index is 12.7. The smallest absolute Gasteiger partial charge is 0.242 e. The molecule has 4 N–H and O–H groups in total. The Morgan fingerprint density at radius 1 is 0.596 bits per heavy atom. The molecule has 0 spiro atoms. The summed E-state index contributed by atoms with van der Waals surface area (Å²) in [6.45, 7) is 13.7. The fourth-order valence-corrected chi connectivity index (χ4v) is 5.49. The number of fused-ring (bicyclic) bond motifs is 2. The molecule has 47 heavy (non-hydrogen) atoms. The number of amides is 4. The number of hydrogen-bond donors (Lipinski definition) is 2. The first-order valence-corrected chi connectivity index (χ1v) is 15.8. The van der Waals surface area contributed by atoms with Crippen LogP contribution in [0.1, 0.15) is 54.4 Å². The van der Waals surface area contributed by atoms with E-state index in [1.54, 1.807) is 73.5 Å². The molecule has 2 aliphatic heterocycles. The number of nitrogens with zero attached hydrogens (tertiary/aromatic N) is 4. The monoisotopic (exact) mass is 674 g/mol. The van der Waals surface area contributed by atoms with Crippen molar-refractivity contribution in [2.75, 3.05) is 73.1 Å². The van der Waals surface area contributed by atoms with Gasteiger partial charge in [0, 0.05) is 39.3 Å². The van der Waals surface area contributed by atoms with Gasteiger partial charge in [-0.25, -0.2) is 0 Å². The van der Waals surface area contributed by atoms with Crippen LogP contribution in [0.2, 0.25) is 0 Å². The van der Waals surface area contributed by atoms with E-state index in [0.29, 0.717) is 62.3 Å². The van der Waals surface area contributed by atoms with Crippen LogP contribution in [0.15, 0.2) is 36.4 Å². The van der Waals surface area contributed by atoms with E-state index in [1.165, 1.54) is 0 Å². The van der Waals surface area contributed by atoms with Crippen LogP contribution in [0.3, 0.4) is 0 Å². The van der Waals surface area contributed by atoms with Crippen molar-refractivity contribution >= 4 is 58.8 Å². The standard InChI is InChI=1S/2C17H25N3O3.ClH/c2*1-5-20-13-8-7-12(23-10-6-9-18)11-14(13)19(4)15(21)17(2,3)16(20)22;/h2*7-8,11H,5-6,9-10,18H2,1-4H3;1H. The third kappa shape index (κ3) is 7.99. The van der Waals surface area contributed by atoms with Crippen LogP contribution in [0, 0.1) is 10.8 Å². The number of anilines is 4. The maximum atomic E-state index is 12.7. The van der Waals surface area contributed by atoms with Gasteiger partial charge in [0.15, 0.2) is 0 Å². The van der Waals surface area contributed by atoms with Gasteiger partial charge in [-0.05, 0) is 91.7 Å². The van der Waals surface area contributed by atoms with E-state index >= 15 is 0 Å². The first-order chi connectivity index (χ1) is 21.7. The topological polar surface area (TPSA) is 152 Å². The number of rotatable bonds is 10. The number of carbonyl (C=O) groups is 4. The minimum atomic E-state index is -1.09. The van der Waals surface area contributed by atoms with E-state index < -0.39 is 10.8 Å². The number of halogens is 1. The first-order valence-electron chi connectivity index (χ1n) is 15.8. The molecule has 12 nitrogen and oxygen atoms in total. The molecule has 260 valence electrons. The predicted octanol–water partition coefficient (Wildman–Crippen LogP) is 3.96. The van der Waals surface area contributed by atoms with Gasteiger partial charge >= 0.3 is 0 Å². The zero-order valence-corrected chi connectivity index (χ0v) is 29.7. The number of hydrogen-bond acceptors (Lipinski definition) is 8. The molecule has 0 fully saturated rings. The lowest BCUT2D eigenvalue weighted by Crippen LogP contribution is -2.47. The summed E-state index contributed by atoms with van der Waals surface area (Å²) in [6, 6.07) is 10.9. The summed E-state index contributed by atoms with van der Waals surface area (Å²) >= 11 is 0. The van der Waals surface area contributed by atoms with Crippen molar-refractivity contribution in [3.63, 3.8) is 0 Å². The van der Waals surface area contributed by atoms with Crippen LogP contribution >= 0.6 is 12.4 Å². The van der Waals surface area contributed by atoms with Crippen molar-refractivity contribution in [2.24, 2.45) is 22.3 Å². The normalized spacial score (nSPS) is 16.7. The van der Waals surface area contributed by atoms with Gasteiger partial charge in [0.2, 0.25) is 23.6 Å². The second kappa shape index (κ2) is 16.3. The number of benzene rings is 2. The van der Waals surface area contributed by atoms with Crippen LogP contribution in [0.4, 0.5) is 22.7 Å². The van der Waals surface area contributed by atoms with Gasteiger partial charge in [-0.1, -0.05) is 0 Å². The molecule has 0 bridgehead atoms. The van der Waals surface area contributed by atoms with Crippen LogP contribution in [0.25, 0.3) is 0 Å². The van der Waals surface area contributed by atoms with E-state index in [-0.39, 0.29) is 36.0 Å². The van der Waals surface area contributed by atoms with E-state index in [4.69, 9.17) is 20.9 Å². The van der Waals surface area contributed by atoms with E-state index in [2.05, 4.69) is 0 Å². The highest BCUT2D eigenvalue weighted by Crippen LogP contribution is 2.41. The highest BCUT2D eigenvalue weighted by molar-refractivity contribution is 6.21. The molecular weight excluding hydrogens is 624 g/mol. The highest BCUT2D eigenvalue weighted by Gasteiger charge is 2.46. The summed E-state index contributed by atoms with van der Waals surface area (Å²) in [4.78, 5) is 57.3. The molecule has 0 radical (unpaired) electrons. The zero-order chi connectivity index (χ0) is 34.4. The minimum Gasteiger partial charge on any atom is -0.493 e. The average molecular weight is 675 g/mol. The molecule has 2 aromatic rings.